The number of hydrogen-bond donors (Lipinski definition) is 1. The zero-order valence-corrected chi connectivity index (χ0v) is 13.0. The first-order valence-electron chi connectivity index (χ1n) is 7.11. The van der Waals surface area contributed by atoms with Crippen molar-refractivity contribution in [3.05, 3.63) is 66.9 Å². The number of aromatic nitrogens is 2. The van der Waals surface area contributed by atoms with Crippen LogP contribution in [0.15, 0.2) is 66.9 Å². The number of nitrogens with zero attached hydrogens (tertiary/aromatic N) is 2. The molecule has 0 radical (unpaired) electrons. The molecule has 1 heterocycles. The molecule has 0 atom stereocenters. The first-order chi connectivity index (χ1) is 11.3. The predicted molar refractivity (Wildman–Crippen MR) is 92.3 cm³/mol. The van der Waals surface area contributed by atoms with Crippen LogP contribution in [0.4, 0.5) is 5.95 Å². The smallest absolute Gasteiger partial charge is 0.241 e. The van der Waals surface area contributed by atoms with E-state index >= 15 is 0 Å². The molecule has 0 saturated carbocycles. The van der Waals surface area contributed by atoms with E-state index in [1.165, 1.54) is 0 Å². The van der Waals surface area contributed by atoms with Gasteiger partial charge >= 0.3 is 0 Å². The summed E-state index contributed by atoms with van der Waals surface area (Å²) in [6.45, 7) is 0. The van der Waals surface area contributed by atoms with Crippen molar-refractivity contribution in [2.75, 3.05) is 11.2 Å². The van der Waals surface area contributed by atoms with Gasteiger partial charge in [-0.1, -0.05) is 54.6 Å². The molecule has 3 aromatic rings. The summed E-state index contributed by atoms with van der Waals surface area (Å²) in [5.74, 6) is -0.206. The Morgan fingerprint density at radius 2 is 1.57 bits per heavy atom. The van der Waals surface area contributed by atoms with Crippen LogP contribution in [0, 0.1) is 0 Å². The maximum absolute atomic E-state index is 11.3. The second-order valence-corrected chi connectivity index (χ2v) is 5.16. The van der Waals surface area contributed by atoms with Crippen LogP contribution in [0.2, 0.25) is 0 Å². The van der Waals surface area contributed by atoms with E-state index in [0.717, 1.165) is 22.4 Å². The zero-order chi connectivity index (χ0) is 16.1. The molecule has 0 bridgehead atoms. The quantitative estimate of drug-likeness (QED) is 0.739. The number of carbonyl (C=O) groups is 1. The first-order valence-corrected chi connectivity index (χ1v) is 7.64. The molecule has 3 rings (SSSR count). The number of rotatable bonds is 4. The first kappa shape index (κ1) is 15.2. The number of halogens is 1. The lowest BCUT2D eigenvalue weighted by molar-refractivity contribution is -0.114. The highest BCUT2D eigenvalue weighted by Gasteiger charge is 2.06. The Hall–Kier alpha value is -2.72. The summed E-state index contributed by atoms with van der Waals surface area (Å²) in [6, 6.07) is 20.0. The predicted octanol–water partition coefficient (Wildman–Crippen LogP) is 3.99. The van der Waals surface area contributed by atoms with Crippen molar-refractivity contribution in [3.8, 4) is 22.4 Å². The summed E-state index contributed by atoms with van der Waals surface area (Å²) in [6.07, 6.45) is 1.61. The molecule has 0 unspecified atom stereocenters. The second kappa shape index (κ2) is 7.03. The standard InChI is InChI=1S/C18H14ClN3O/c19-12-17(23)22-18-20-11-10-16(21-18)15-8-6-14(7-9-15)13-4-2-1-3-5-13/h1-11H,12H2,(H,20,21,22,23). The average Bonchev–Trinajstić information content (AvgIpc) is 2.63. The number of anilines is 1. The van der Waals surface area contributed by atoms with E-state index in [4.69, 9.17) is 11.6 Å². The number of carbonyl (C=O) groups excluding carboxylic acids is 1. The maximum atomic E-state index is 11.3. The molecule has 5 heteroatoms. The largest absolute Gasteiger partial charge is 0.293 e. The van der Waals surface area contributed by atoms with E-state index in [1.54, 1.807) is 12.3 Å². The molecule has 4 nitrogen and oxygen atoms in total. The summed E-state index contributed by atoms with van der Waals surface area (Å²) in [5, 5.41) is 2.55. The topological polar surface area (TPSA) is 54.9 Å². The third kappa shape index (κ3) is 3.73. The highest BCUT2D eigenvalue weighted by Crippen LogP contribution is 2.23. The Morgan fingerprint density at radius 1 is 0.913 bits per heavy atom. The summed E-state index contributed by atoms with van der Waals surface area (Å²) < 4.78 is 0. The number of benzene rings is 2. The van der Waals surface area contributed by atoms with Crippen molar-refractivity contribution in [3.63, 3.8) is 0 Å². The molecule has 0 aliphatic heterocycles. The van der Waals surface area contributed by atoms with Gasteiger partial charge in [-0.25, -0.2) is 9.97 Å². The lowest BCUT2D eigenvalue weighted by Gasteiger charge is -2.06. The molecular formula is C18H14ClN3O. The number of hydrogen-bond acceptors (Lipinski definition) is 3. The van der Waals surface area contributed by atoms with Gasteiger partial charge in [0.25, 0.3) is 0 Å². The van der Waals surface area contributed by atoms with Gasteiger partial charge in [0.15, 0.2) is 0 Å². The van der Waals surface area contributed by atoms with Gasteiger partial charge in [0, 0.05) is 11.8 Å². The van der Waals surface area contributed by atoms with Crippen LogP contribution in [0.1, 0.15) is 0 Å². The summed E-state index contributed by atoms with van der Waals surface area (Å²) in [7, 11) is 0. The summed E-state index contributed by atoms with van der Waals surface area (Å²) in [4.78, 5) is 19.7. The van der Waals surface area contributed by atoms with Gasteiger partial charge in [-0.3, -0.25) is 10.1 Å². The Morgan fingerprint density at radius 3 is 2.26 bits per heavy atom. The van der Waals surface area contributed by atoms with E-state index in [1.807, 2.05) is 42.5 Å². The van der Waals surface area contributed by atoms with E-state index in [0.29, 0.717) is 0 Å². The minimum Gasteiger partial charge on any atom is -0.293 e. The van der Waals surface area contributed by atoms with Crippen LogP contribution in [-0.4, -0.2) is 21.8 Å². The third-order valence-corrected chi connectivity index (χ3v) is 3.56. The molecule has 1 N–H and O–H groups in total. The summed E-state index contributed by atoms with van der Waals surface area (Å²) in [5.41, 5.74) is 3.99. The Kier molecular flexibility index (Phi) is 4.64. The SMILES string of the molecule is O=C(CCl)Nc1nccc(-c2ccc(-c3ccccc3)cc2)n1. The molecule has 1 aromatic heterocycles. The van der Waals surface area contributed by atoms with E-state index in [-0.39, 0.29) is 17.7 Å². The highest BCUT2D eigenvalue weighted by molar-refractivity contribution is 6.28. The molecule has 23 heavy (non-hydrogen) atoms. The van der Waals surface area contributed by atoms with Crippen molar-refractivity contribution < 1.29 is 4.79 Å². The molecular weight excluding hydrogens is 310 g/mol. The number of alkyl halides is 1. The zero-order valence-electron chi connectivity index (χ0n) is 12.2. The monoisotopic (exact) mass is 323 g/mol. The van der Waals surface area contributed by atoms with Crippen LogP contribution in [0.25, 0.3) is 22.4 Å². The van der Waals surface area contributed by atoms with Crippen molar-refractivity contribution in [1.82, 2.24) is 9.97 Å². The normalized spacial score (nSPS) is 10.3. The third-order valence-electron chi connectivity index (χ3n) is 3.32. The van der Waals surface area contributed by atoms with Crippen LogP contribution in [-0.2, 0) is 4.79 Å². The fourth-order valence-electron chi connectivity index (χ4n) is 2.20. The Balaban J connectivity index is 1.85. The molecule has 0 aliphatic rings. The lowest BCUT2D eigenvalue weighted by Crippen LogP contribution is -2.14. The van der Waals surface area contributed by atoms with Gasteiger partial charge < -0.3 is 0 Å². The van der Waals surface area contributed by atoms with E-state index in [2.05, 4.69) is 27.4 Å². The molecule has 114 valence electrons. The van der Waals surface area contributed by atoms with Crippen molar-refractivity contribution in [1.29, 1.82) is 0 Å². The van der Waals surface area contributed by atoms with Crippen molar-refractivity contribution >= 4 is 23.5 Å². The Labute approximate surface area is 139 Å². The van der Waals surface area contributed by atoms with Gasteiger partial charge in [0.05, 0.1) is 5.69 Å². The van der Waals surface area contributed by atoms with Crippen molar-refractivity contribution in [2.24, 2.45) is 0 Å². The molecule has 0 fully saturated rings. The molecule has 0 saturated heterocycles. The van der Waals surface area contributed by atoms with E-state index < -0.39 is 0 Å². The number of amides is 1. The highest BCUT2D eigenvalue weighted by atomic mass is 35.5. The Bertz CT molecular complexity index is 804. The van der Waals surface area contributed by atoms with Crippen LogP contribution in [0.3, 0.4) is 0 Å². The molecule has 0 aliphatic carbocycles. The molecule has 1 amide bonds. The van der Waals surface area contributed by atoms with Crippen LogP contribution >= 0.6 is 11.6 Å². The lowest BCUT2D eigenvalue weighted by atomic mass is 10.0. The minimum absolute atomic E-state index is 0.126. The van der Waals surface area contributed by atoms with Crippen LogP contribution < -0.4 is 5.32 Å². The van der Waals surface area contributed by atoms with E-state index in [9.17, 15) is 4.79 Å². The van der Waals surface area contributed by atoms with Gasteiger partial charge in [-0.05, 0) is 17.2 Å². The molecule has 0 spiro atoms. The van der Waals surface area contributed by atoms with Gasteiger partial charge in [-0.15, -0.1) is 11.6 Å². The fraction of sp³-hybridized carbons (Fsp3) is 0.0556. The number of nitrogens with one attached hydrogen (secondary N) is 1. The van der Waals surface area contributed by atoms with Crippen LogP contribution in [0.5, 0.6) is 0 Å². The average molecular weight is 324 g/mol. The molecule has 2 aromatic carbocycles. The van der Waals surface area contributed by atoms with Gasteiger partial charge in [0.2, 0.25) is 11.9 Å². The maximum Gasteiger partial charge on any atom is 0.241 e. The van der Waals surface area contributed by atoms with Crippen molar-refractivity contribution in [2.45, 2.75) is 0 Å². The minimum atomic E-state index is -0.330. The van der Waals surface area contributed by atoms with Gasteiger partial charge in [-0.2, -0.15) is 0 Å². The second-order valence-electron chi connectivity index (χ2n) is 4.89. The summed E-state index contributed by atoms with van der Waals surface area (Å²) >= 11 is 5.47. The fourth-order valence-corrected chi connectivity index (χ4v) is 2.27. The van der Waals surface area contributed by atoms with Gasteiger partial charge in [0.1, 0.15) is 5.88 Å².